The summed E-state index contributed by atoms with van der Waals surface area (Å²) >= 11 is 0. The molecule has 0 bridgehead atoms. The Kier molecular flexibility index (Phi) is 4.84. The summed E-state index contributed by atoms with van der Waals surface area (Å²) in [4.78, 5) is 11.8. The molecule has 4 heteroatoms. The standard InChI is InChI=1S/C14H20FNO2/c1-5-18-14(3,4)9-16-13(17)11-7-6-10(2)8-12(11)15/h6-8H,5,9H2,1-4H3,(H,16,17). The number of aryl methyl sites for hydroxylation is 1. The Labute approximate surface area is 107 Å². The van der Waals surface area contributed by atoms with Gasteiger partial charge in [-0.3, -0.25) is 4.79 Å². The van der Waals surface area contributed by atoms with Crippen molar-refractivity contribution in [1.82, 2.24) is 5.32 Å². The zero-order chi connectivity index (χ0) is 13.8. The first-order valence-electron chi connectivity index (χ1n) is 6.04. The molecule has 0 atom stereocenters. The molecule has 0 saturated carbocycles. The highest BCUT2D eigenvalue weighted by atomic mass is 19.1. The normalized spacial score (nSPS) is 11.4. The summed E-state index contributed by atoms with van der Waals surface area (Å²) in [6, 6.07) is 4.56. The second kappa shape index (κ2) is 5.96. The molecule has 18 heavy (non-hydrogen) atoms. The molecule has 0 radical (unpaired) electrons. The second-order valence-electron chi connectivity index (χ2n) is 4.86. The SMILES string of the molecule is CCOC(C)(C)CNC(=O)c1ccc(C)cc1F. The average Bonchev–Trinajstić information content (AvgIpc) is 2.26. The molecule has 1 aromatic carbocycles. The van der Waals surface area contributed by atoms with Gasteiger partial charge in [-0.05, 0) is 45.4 Å². The molecule has 1 rings (SSSR count). The van der Waals surface area contributed by atoms with Crippen LogP contribution in [0.5, 0.6) is 0 Å². The zero-order valence-electron chi connectivity index (χ0n) is 11.3. The largest absolute Gasteiger partial charge is 0.374 e. The van der Waals surface area contributed by atoms with E-state index in [1.807, 2.05) is 20.8 Å². The summed E-state index contributed by atoms with van der Waals surface area (Å²) in [6.07, 6.45) is 0. The van der Waals surface area contributed by atoms with E-state index in [0.717, 1.165) is 5.56 Å². The van der Waals surface area contributed by atoms with E-state index in [9.17, 15) is 9.18 Å². The van der Waals surface area contributed by atoms with Crippen LogP contribution in [0.15, 0.2) is 18.2 Å². The second-order valence-corrected chi connectivity index (χ2v) is 4.86. The van der Waals surface area contributed by atoms with E-state index < -0.39 is 17.3 Å². The van der Waals surface area contributed by atoms with Crippen LogP contribution in [0.4, 0.5) is 4.39 Å². The quantitative estimate of drug-likeness (QED) is 0.876. The van der Waals surface area contributed by atoms with Gasteiger partial charge in [0.25, 0.3) is 5.91 Å². The fourth-order valence-electron chi connectivity index (χ4n) is 1.63. The number of ether oxygens (including phenoxy) is 1. The molecule has 0 spiro atoms. The number of benzene rings is 1. The fraction of sp³-hybridized carbons (Fsp3) is 0.500. The third kappa shape index (κ3) is 4.11. The summed E-state index contributed by atoms with van der Waals surface area (Å²) in [5.74, 6) is -0.915. The number of hydrogen-bond donors (Lipinski definition) is 1. The van der Waals surface area contributed by atoms with Crippen LogP contribution in [0.2, 0.25) is 0 Å². The maximum absolute atomic E-state index is 13.6. The first-order valence-corrected chi connectivity index (χ1v) is 6.04. The van der Waals surface area contributed by atoms with Crippen LogP contribution in [0.3, 0.4) is 0 Å². The van der Waals surface area contributed by atoms with Crippen molar-refractivity contribution in [3.05, 3.63) is 35.1 Å². The molecule has 1 aromatic rings. The molecule has 0 aliphatic carbocycles. The minimum absolute atomic E-state index is 0.0629. The Morgan fingerprint density at radius 2 is 2.11 bits per heavy atom. The lowest BCUT2D eigenvalue weighted by molar-refractivity contribution is -0.00818. The summed E-state index contributed by atoms with van der Waals surface area (Å²) in [7, 11) is 0. The predicted molar refractivity (Wildman–Crippen MR) is 69.2 cm³/mol. The Balaban J connectivity index is 2.66. The van der Waals surface area contributed by atoms with Crippen LogP contribution in [-0.4, -0.2) is 24.7 Å². The van der Waals surface area contributed by atoms with Gasteiger partial charge in [0.05, 0.1) is 11.2 Å². The molecular formula is C14H20FNO2. The van der Waals surface area contributed by atoms with Crippen LogP contribution < -0.4 is 5.32 Å². The van der Waals surface area contributed by atoms with Crippen LogP contribution >= 0.6 is 0 Å². The summed E-state index contributed by atoms with van der Waals surface area (Å²) in [6.45, 7) is 8.34. The van der Waals surface area contributed by atoms with Crippen molar-refractivity contribution in [3.8, 4) is 0 Å². The number of hydrogen-bond acceptors (Lipinski definition) is 2. The van der Waals surface area contributed by atoms with E-state index in [4.69, 9.17) is 4.74 Å². The van der Waals surface area contributed by atoms with Gasteiger partial charge < -0.3 is 10.1 Å². The van der Waals surface area contributed by atoms with Gasteiger partial charge in [0.15, 0.2) is 0 Å². The van der Waals surface area contributed by atoms with Crippen LogP contribution in [0.1, 0.15) is 36.7 Å². The Hall–Kier alpha value is -1.42. The maximum Gasteiger partial charge on any atom is 0.254 e. The van der Waals surface area contributed by atoms with Gasteiger partial charge in [-0.25, -0.2) is 4.39 Å². The van der Waals surface area contributed by atoms with E-state index in [0.29, 0.717) is 13.2 Å². The highest BCUT2D eigenvalue weighted by Crippen LogP contribution is 2.11. The highest BCUT2D eigenvalue weighted by Gasteiger charge is 2.20. The Bertz CT molecular complexity index is 430. The molecule has 3 nitrogen and oxygen atoms in total. The van der Waals surface area contributed by atoms with Crippen molar-refractivity contribution >= 4 is 5.91 Å². The topological polar surface area (TPSA) is 38.3 Å². The fourth-order valence-corrected chi connectivity index (χ4v) is 1.63. The Morgan fingerprint density at radius 1 is 1.44 bits per heavy atom. The van der Waals surface area contributed by atoms with E-state index in [-0.39, 0.29) is 5.56 Å². The lowest BCUT2D eigenvalue weighted by Crippen LogP contribution is -2.40. The number of carbonyl (C=O) groups excluding carboxylic acids is 1. The summed E-state index contributed by atoms with van der Waals surface area (Å²) in [5, 5.41) is 2.68. The molecule has 0 fully saturated rings. The Morgan fingerprint density at radius 3 is 2.67 bits per heavy atom. The molecule has 0 aliphatic rings. The smallest absolute Gasteiger partial charge is 0.254 e. The van der Waals surface area contributed by atoms with Gasteiger partial charge >= 0.3 is 0 Å². The molecule has 100 valence electrons. The molecule has 1 N–H and O–H groups in total. The lowest BCUT2D eigenvalue weighted by atomic mass is 10.1. The third-order valence-corrected chi connectivity index (χ3v) is 2.58. The predicted octanol–water partition coefficient (Wildman–Crippen LogP) is 2.68. The third-order valence-electron chi connectivity index (χ3n) is 2.58. The van der Waals surface area contributed by atoms with E-state index in [1.54, 1.807) is 13.0 Å². The van der Waals surface area contributed by atoms with Crippen molar-refractivity contribution in [2.75, 3.05) is 13.2 Å². The van der Waals surface area contributed by atoms with Crippen molar-refractivity contribution in [3.63, 3.8) is 0 Å². The van der Waals surface area contributed by atoms with E-state index in [1.165, 1.54) is 12.1 Å². The molecule has 0 heterocycles. The summed E-state index contributed by atoms with van der Waals surface area (Å²) in [5.41, 5.74) is 0.401. The van der Waals surface area contributed by atoms with Gasteiger partial charge in [-0.1, -0.05) is 6.07 Å². The number of amides is 1. The molecule has 0 aliphatic heterocycles. The van der Waals surface area contributed by atoms with Gasteiger partial charge in [0.2, 0.25) is 0 Å². The van der Waals surface area contributed by atoms with Crippen LogP contribution in [0, 0.1) is 12.7 Å². The molecule has 0 aromatic heterocycles. The first kappa shape index (κ1) is 14.6. The average molecular weight is 253 g/mol. The maximum atomic E-state index is 13.6. The molecule has 0 saturated heterocycles. The van der Waals surface area contributed by atoms with E-state index in [2.05, 4.69) is 5.32 Å². The monoisotopic (exact) mass is 253 g/mol. The van der Waals surface area contributed by atoms with Crippen LogP contribution in [-0.2, 0) is 4.74 Å². The van der Waals surface area contributed by atoms with E-state index >= 15 is 0 Å². The van der Waals surface area contributed by atoms with Gasteiger partial charge in [0.1, 0.15) is 5.82 Å². The van der Waals surface area contributed by atoms with Gasteiger partial charge in [-0.15, -0.1) is 0 Å². The summed E-state index contributed by atoms with van der Waals surface area (Å²) < 4.78 is 19.0. The van der Waals surface area contributed by atoms with Crippen molar-refractivity contribution in [2.24, 2.45) is 0 Å². The van der Waals surface area contributed by atoms with Gasteiger partial charge in [-0.2, -0.15) is 0 Å². The minimum Gasteiger partial charge on any atom is -0.374 e. The van der Waals surface area contributed by atoms with Gasteiger partial charge in [0, 0.05) is 13.2 Å². The number of carbonyl (C=O) groups is 1. The number of halogens is 1. The first-order chi connectivity index (χ1) is 8.35. The van der Waals surface area contributed by atoms with Crippen LogP contribution in [0.25, 0.3) is 0 Å². The minimum atomic E-state index is -0.498. The number of rotatable bonds is 5. The van der Waals surface area contributed by atoms with Crippen molar-refractivity contribution < 1.29 is 13.9 Å². The molecular weight excluding hydrogens is 233 g/mol. The lowest BCUT2D eigenvalue weighted by Gasteiger charge is -2.24. The van der Waals surface area contributed by atoms with Crippen molar-refractivity contribution in [1.29, 1.82) is 0 Å². The number of nitrogens with one attached hydrogen (secondary N) is 1. The van der Waals surface area contributed by atoms with Crippen molar-refractivity contribution in [2.45, 2.75) is 33.3 Å². The highest BCUT2D eigenvalue weighted by molar-refractivity contribution is 5.94. The zero-order valence-corrected chi connectivity index (χ0v) is 11.3. The molecule has 1 amide bonds. The molecule has 0 unspecified atom stereocenters.